The van der Waals surface area contributed by atoms with Gasteiger partial charge in [0.25, 0.3) is 0 Å². The van der Waals surface area contributed by atoms with Gasteiger partial charge in [0.2, 0.25) is 0 Å². The summed E-state index contributed by atoms with van der Waals surface area (Å²) >= 11 is 0. The van der Waals surface area contributed by atoms with E-state index in [2.05, 4.69) is 6.58 Å². The molecule has 0 unspecified atom stereocenters. The van der Waals surface area contributed by atoms with Gasteiger partial charge in [-0.3, -0.25) is 0 Å². The van der Waals surface area contributed by atoms with Crippen LogP contribution in [0.5, 0.6) is 0 Å². The van der Waals surface area contributed by atoms with E-state index in [0.717, 1.165) is 5.57 Å². The van der Waals surface area contributed by atoms with Gasteiger partial charge in [0, 0.05) is 0 Å². The summed E-state index contributed by atoms with van der Waals surface area (Å²) in [4.78, 5) is 0. The van der Waals surface area contributed by atoms with Crippen LogP contribution in [-0.2, 0) is 0 Å². The van der Waals surface area contributed by atoms with E-state index in [-0.39, 0.29) is 5.83 Å². The lowest BCUT2D eigenvalue weighted by Gasteiger charge is -1.80. The quantitative estimate of drug-likeness (QED) is 0.463. The summed E-state index contributed by atoms with van der Waals surface area (Å²) in [7, 11) is 0. The molecule has 0 aromatic rings. The highest BCUT2D eigenvalue weighted by Gasteiger charge is 1.88. The molecule has 1 rings (SSSR count). The molecule has 0 saturated carbocycles. The SMILES string of the molecule is C=C1C=CC=C(F)C=C1. The number of hydrogen-bond donors (Lipinski definition) is 0. The normalized spacial score (nSPS) is 17.4. The van der Waals surface area contributed by atoms with Crippen LogP contribution in [0.2, 0.25) is 0 Å². The standard InChI is InChI=1S/C8H7F/c1-7-3-2-4-8(9)6-5-7/h2-6H,1H2. The number of halogens is 1. The van der Waals surface area contributed by atoms with Crippen molar-refractivity contribution in [3.63, 3.8) is 0 Å². The first kappa shape index (κ1) is 6.02. The van der Waals surface area contributed by atoms with Gasteiger partial charge in [0.15, 0.2) is 0 Å². The van der Waals surface area contributed by atoms with Crippen molar-refractivity contribution in [2.45, 2.75) is 0 Å². The van der Waals surface area contributed by atoms with Crippen LogP contribution in [0.4, 0.5) is 4.39 Å². The molecule has 0 radical (unpaired) electrons. The lowest BCUT2D eigenvalue weighted by molar-refractivity contribution is 0.667. The smallest absolute Gasteiger partial charge is 0.123 e. The average Bonchev–Trinajstić information content (AvgIpc) is 1.97. The van der Waals surface area contributed by atoms with E-state index >= 15 is 0 Å². The van der Waals surface area contributed by atoms with Crippen molar-refractivity contribution in [1.29, 1.82) is 0 Å². The molecule has 0 heterocycles. The van der Waals surface area contributed by atoms with Gasteiger partial charge in [-0.05, 0) is 17.7 Å². The van der Waals surface area contributed by atoms with E-state index in [1.54, 1.807) is 18.2 Å². The second kappa shape index (κ2) is 2.44. The van der Waals surface area contributed by atoms with Gasteiger partial charge in [-0.2, -0.15) is 0 Å². The Morgan fingerprint density at radius 2 is 2.00 bits per heavy atom. The van der Waals surface area contributed by atoms with Gasteiger partial charge in [0.05, 0.1) is 0 Å². The maximum Gasteiger partial charge on any atom is 0.123 e. The predicted molar refractivity (Wildman–Crippen MR) is 36.6 cm³/mol. The van der Waals surface area contributed by atoms with Crippen molar-refractivity contribution in [3.05, 3.63) is 48.4 Å². The van der Waals surface area contributed by atoms with E-state index < -0.39 is 0 Å². The molecule has 46 valence electrons. The number of allylic oxidation sites excluding steroid dienone is 7. The zero-order valence-electron chi connectivity index (χ0n) is 4.97. The predicted octanol–water partition coefficient (Wildman–Crippen LogP) is 2.52. The van der Waals surface area contributed by atoms with Crippen molar-refractivity contribution in [3.8, 4) is 0 Å². The van der Waals surface area contributed by atoms with E-state index in [1.165, 1.54) is 12.2 Å². The van der Waals surface area contributed by atoms with Gasteiger partial charge >= 0.3 is 0 Å². The fraction of sp³-hybridized carbons (Fsp3) is 0. The average molecular weight is 122 g/mol. The Labute approximate surface area is 53.7 Å². The first-order valence-electron chi connectivity index (χ1n) is 2.70. The third-order valence-electron chi connectivity index (χ3n) is 1.02. The van der Waals surface area contributed by atoms with Crippen molar-refractivity contribution < 1.29 is 4.39 Å². The second-order valence-corrected chi connectivity index (χ2v) is 1.82. The first-order valence-corrected chi connectivity index (χ1v) is 2.70. The Hall–Kier alpha value is -1.11. The van der Waals surface area contributed by atoms with Crippen molar-refractivity contribution in [1.82, 2.24) is 0 Å². The first-order chi connectivity index (χ1) is 4.29. The Morgan fingerprint density at radius 1 is 1.22 bits per heavy atom. The lowest BCUT2D eigenvalue weighted by atomic mass is 10.3. The van der Waals surface area contributed by atoms with Gasteiger partial charge in [0.1, 0.15) is 5.83 Å². The molecule has 0 amide bonds. The van der Waals surface area contributed by atoms with E-state index in [1.807, 2.05) is 0 Å². The Morgan fingerprint density at radius 3 is 2.78 bits per heavy atom. The lowest BCUT2D eigenvalue weighted by Crippen LogP contribution is -1.61. The monoisotopic (exact) mass is 122 g/mol. The zero-order chi connectivity index (χ0) is 6.69. The Kier molecular flexibility index (Phi) is 1.63. The van der Waals surface area contributed by atoms with Crippen LogP contribution >= 0.6 is 0 Å². The summed E-state index contributed by atoms with van der Waals surface area (Å²) in [6.45, 7) is 3.64. The molecular weight excluding hydrogens is 115 g/mol. The molecule has 0 saturated heterocycles. The maximum atomic E-state index is 12.3. The minimum Gasteiger partial charge on any atom is -0.207 e. The molecule has 1 aliphatic carbocycles. The molecule has 0 fully saturated rings. The molecule has 0 aromatic carbocycles. The fourth-order valence-corrected chi connectivity index (χ4v) is 0.561. The Bertz CT molecular complexity index is 207. The van der Waals surface area contributed by atoms with E-state index in [9.17, 15) is 4.39 Å². The third kappa shape index (κ3) is 1.68. The molecule has 0 bridgehead atoms. The van der Waals surface area contributed by atoms with Crippen LogP contribution in [0.1, 0.15) is 0 Å². The largest absolute Gasteiger partial charge is 0.207 e. The zero-order valence-corrected chi connectivity index (χ0v) is 4.97. The van der Waals surface area contributed by atoms with Crippen LogP contribution in [0, 0.1) is 0 Å². The highest BCUT2D eigenvalue weighted by molar-refractivity contribution is 5.37. The van der Waals surface area contributed by atoms with Crippen LogP contribution < -0.4 is 0 Å². The minimum atomic E-state index is -0.232. The summed E-state index contributed by atoms with van der Waals surface area (Å²) < 4.78 is 12.3. The summed E-state index contributed by atoms with van der Waals surface area (Å²) in [6.07, 6.45) is 7.81. The van der Waals surface area contributed by atoms with E-state index in [4.69, 9.17) is 0 Å². The van der Waals surface area contributed by atoms with Gasteiger partial charge < -0.3 is 0 Å². The summed E-state index contributed by atoms with van der Waals surface area (Å²) in [6, 6.07) is 0. The highest BCUT2D eigenvalue weighted by Crippen LogP contribution is 2.07. The molecule has 0 aliphatic heterocycles. The van der Waals surface area contributed by atoms with Gasteiger partial charge in [-0.25, -0.2) is 4.39 Å². The van der Waals surface area contributed by atoms with Crippen LogP contribution in [-0.4, -0.2) is 0 Å². The second-order valence-electron chi connectivity index (χ2n) is 1.82. The minimum absolute atomic E-state index is 0.232. The molecule has 1 aliphatic rings. The molecule has 1 heteroatoms. The summed E-state index contributed by atoms with van der Waals surface area (Å²) in [5.74, 6) is -0.232. The van der Waals surface area contributed by atoms with E-state index in [0.29, 0.717) is 0 Å². The van der Waals surface area contributed by atoms with Crippen molar-refractivity contribution in [2.24, 2.45) is 0 Å². The van der Waals surface area contributed by atoms with Gasteiger partial charge in [-0.1, -0.05) is 24.8 Å². The Balaban J connectivity index is 2.88. The molecule has 9 heavy (non-hydrogen) atoms. The molecule has 0 nitrogen and oxygen atoms in total. The fourth-order valence-electron chi connectivity index (χ4n) is 0.561. The van der Waals surface area contributed by atoms with Crippen LogP contribution in [0.15, 0.2) is 48.4 Å². The topological polar surface area (TPSA) is 0 Å². The number of rotatable bonds is 0. The van der Waals surface area contributed by atoms with Gasteiger partial charge in [-0.15, -0.1) is 0 Å². The highest BCUT2D eigenvalue weighted by atomic mass is 19.1. The molecule has 0 N–H and O–H groups in total. The molecule has 0 atom stereocenters. The maximum absolute atomic E-state index is 12.3. The van der Waals surface area contributed by atoms with Crippen LogP contribution in [0.3, 0.4) is 0 Å². The number of hydrogen-bond acceptors (Lipinski definition) is 0. The summed E-state index contributed by atoms with van der Waals surface area (Å²) in [5, 5.41) is 0. The molecule has 0 spiro atoms. The summed E-state index contributed by atoms with van der Waals surface area (Å²) in [5.41, 5.74) is 0.818. The van der Waals surface area contributed by atoms with Crippen molar-refractivity contribution in [2.75, 3.05) is 0 Å². The molecule has 0 aromatic heterocycles. The van der Waals surface area contributed by atoms with Crippen molar-refractivity contribution >= 4 is 0 Å². The third-order valence-corrected chi connectivity index (χ3v) is 1.02. The molecular formula is C8H7F. The van der Waals surface area contributed by atoms with Crippen LogP contribution in [0.25, 0.3) is 0 Å².